The van der Waals surface area contributed by atoms with Crippen molar-refractivity contribution >= 4 is 17.9 Å². The Balaban J connectivity index is 1.23. The van der Waals surface area contributed by atoms with Gasteiger partial charge in [0.15, 0.2) is 0 Å². The zero-order chi connectivity index (χ0) is 18.5. The lowest BCUT2D eigenvalue weighted by Crippen LogP contribution is -2.36. The molecule has 0 spiro atoms. The average molecular weight is 362 g/mol. The van der Waals surface area contributed by atoms with Crippen LogP contribution in [-0.2, 0) is 12.8 Å². The fraction of sp³-hybridized carbons (Fsp3) is 0.458. The van der Waals surface area contributed by atoms with Gasteiger partial charge >= 0.3 is 0 Å². The van der Waals surface area contributed by atoms with E-state index in [0.717, 1.165) is 24.5 Å². The van der Waals surface area contributed by atoms with Crippen molar-refractivity contribution in [1.29, 1.82) is 5.41 Å². The van der Waals surface area contributed by atoms with E-state index in [1.165, 1.54) is 73.4 Å². The third-order valence-corrected chi connectivity index (χ3v) is 6.02. The number of benzene rings is 1. The SMILES string of the molecule is N=C1C=c2c(CCCCN3CCCC(Cc4ccccc4)C3)c[nH]c2=CC1. The van der Waals surface area contributed by atoms with Crippen molar-refractivity contribution in [1.82, 2.24) is 9.88 Å². The second kappa shape index (κ2) is 8.71. The van der Waals surface area contributed by atoms with Crippen LogP contribution in [0.5, 0.6) is 0 Å². The quantitative estimate of drug-likeness (QED) is 0.730. The minimum atomic E-state index is 0.723. The largest absolute Gasteiger partial charge is 0.361 e. The van der Waals surface area contributed by atoms with Gasteiger partial charge in [-0.05, 0) is 74.7 Å². The Morgan fingerprint density at radius 3 is 2.93 bits per heavy atom. The van der Waals surface area contributed by atoms with E-state index in [-0.39, 0.29) is 0 Å². The van der Waals surface area contributed by atoms with Crippen molar-refractivity contribution in [2.24, 2.45) is 5.92 Å². The molecule has 0 bridgehead atoms. The Morgan fingerprint density at radius 2 is 2.04 bits per heavy atom. The Hall–Kier alpha value is -2.13. The predicted molar refractivity (Wildman–Crippen MR) is 114 cm³/mol. The van der Waals surface area contributed by atoms with Crippen LogP contribution in [0.1, 0.15) is 43.2 Å². The monoisotopic (exact) mass is 361 g/mol. The lowest BCUT2D eigenvalue weighted by Gasteiger charge is -2.32. The number of aromatic nitrogens is 1. The number of rotatable bonds is 7. The number of H-pyrrole nitrogens is 1. The summed E-state index contributed by atoms with van der Waals surface area (Å²) in [6, 6.07) is 11.0. The number of hydrogen-bond acceptors (Lipinski definition) is 2. The Morgan fingerprint density at radius 1 is 1.15 bits per heavy atom. The van der Waals surface area contributed by atoms with Crippen LogP contribution < -0.4 is 10.6 Å². The highest BCUT2D eigenvalue weighted by molar-refractivity contribution is 6.11. The molecule has 0 radical (unpaired) electrons. The summed E-state index contributed by atoms with van der Waals surface area (Å²) in [6.45, 7) is 3.75. The van der Waals surface area contributed by atoms with Gasteiger partial charge in [-0.15, -0.1) is 0 Å². The van der Waals surface area contributed by atoms with Gasteiger partial charge in [0.1, 0.15) is 0 Å². The standard InChI is InChI=1S/C24H31N3/c25-22-11-12-24-23(16-22)21(17-26-24)10-4-5-13-27-14-6-9-20(18-27)15-19-7-2-1-3-8-19/h1-3,7-8,12,16-17,20,25-26H,4-6,9-11,13-15,18H2. The van der Waals surface area contributed by atoms with E-state index in [4.69, 9.17) is 5.41 Å². The predicted octanol–water partition coefficient (Wildman–Crippen LogP) is 3.28. The zero-order valence-electron chi connectivity index (χ0n) is 16.2. The molecule has 1 aliphatic heterocycles. The molecule has 2 aliphatic rings. The number of aromatic amines is 1. The van der Waals surface area contributed by atoms with Gasteiger partial charge in [-0.25, -0.2) is 0 Å². The van der Waals surface area contributed by atoms with Crippen LogP contribution in [0, 0.1) is 11.3 Å². The average Bonchev–Trinajstić information content (AvgIpc) is 3.08. The second-order valence-electron chi connectivity index (χ2n) is 8.17. The Kier molecular flexibility index (Phi) is 5.88. The van der Waals surface area contributed by atoms with Gasteiger partial charge in [-0.3, -0.25) is 0 Å². The van der Waals surface area contributed by atoms with E-state index in [0.29, 0.717) is 0 Å². The summed E-state index contributed by atoms with van der Waals surface area (Å²) in [5.41, 5.74) is 3.59. The molecule has 4 rings (SSSR count). The molecule has 2 heterocycles. The molecule has 1 aromatic carbocycles. The molecule has 3 heteroatoms. The molecule has 1 aliphatic carbocycles. The first-order chi connectivity index (χ1) is 13.3. The third kappa shape index (κ3) is 4.78. The number of likely N-dealkylation sites (tertiary alicyclic amines) is 1. The summed E-state index contributed by atoms with van der Waals surface area (Å²) in [5, 5.41) is 10.4. The molecule has 0 amide bonds. The fourth-order valence-electron chi connectivity index (χ4n) is 4.60. The van der Waals surface area contributed by atoms with Gasteiger partial charge in [-0.2, -0.15) is 0 Å². The highest BCUT2D eigenvalue weighted by atomic mass is 15.1. The van der Waals surface area contributed by atoms with Crippen LogP contribution in [0.25, 0.3) is 12.2 Å². The van der Waals surface area contributed by atoms with Crippen LogP contribution in [-0.4, -0.2) is 35.2 Å². The van der Waals surface area contributed by atoms with Gasteiger partial charge in [0.2, 0.25) is 0 Å². The van der Waals surface area contributed by atoms with Crippen molar-refractivity contribution < 1.29 is 0 Å². The summed E-state index contributed by atoms with van der Waals surface area (Å²) in [6.07, 6.45) is 14.6. The topological polar surface area (TPSA) is 42.9 Å². The number of aryl methyl sites for hydroxylation is 1. The molecule has 2 aromatic rings. The van der Waals surface area contributed by atoms with Crippen LogP contribution in [0.15, 0.2) is 36.5 Å². The number of fused-ring (bicyclic) bond motifs is 1. The maximum atomic E-state index is 7.89. The molecule has 3 nitrogen and oxygen atoms in total. The van der Waals surface area contributed by atoms with Crippen molar-refractivity contribution in [3.8, 4) is 0 Å². The number of piperidine rings is 1. The zero-order valence-corrected chi connectivity index (χ0v) is 16.2. The van der Waals surface area contributed by atoms with Crippen molar-refractivity contribution in [2.75, 3.05) is 19.6 Å². The Bertz CT molecular complexity index is 878. The lowest BCUT2D eigenvalue weighted by atomic mass is 9.91. The van der Waals surface area contributed by atoms with Crippen molar-refractivity contribution in [3.05, 3.63) is 58.2 Å². The van der Waals surface area contributed by atoms with E-state index < -0.39 is 0 Å². The molecule has 0 saturated carbocycles. The molecule has 1 aromatic heterocycles. The van der Waals surface area contributed by atoms with Crippen LogP contribution in [0.2, 0.25) is 0 Å². The summed E-state index contributed by atoms with van der Waals surface area (Å²) in [5.74, 6) is 0.814. The van der Waals surface area contributed by atoms with Crippen LogP contribution >= 0.6 is 0 Å². The maximum Gasteiger partial charge on any atom is 0.0420 e. The fourth-order valence-corrected chi connectivity index (χ4v) is 4.60. The van der Waals surface area contributed by atoms with Gasteiger partial charge in [-0.1, -0.05) is 36.4 Å². The molecule has 2 N–H and O–H groups in total. The molecular formula is C24H31N3. The first kappa shape index (κ1) is 18.2. The number of hydrogen-bond donors (Lipinski definition) is 2. The van der Waals surface area contributed by atoms with Crippen LogP contribution in [0.3, 0.4) is 0 Å². The molecule has 27 heavy (non-hydrogen) atoms. The molecule has 142 valence electrons. The minimum Gasteiger partial charge on any atom is -0.361 e. The molecule has 1 saturated heterocycles. The molecular weight excluding hydrogens is 330 g/mol. The molecule has 1 fully saturated rings. The summed E-state index contributed by atoms with van der Waals surface area (Å²) in [4.78, 5) is 6.05. The number of unbranched alkanes of at least 4 members (excludes halogenated alkanes) is 1. The van der Waals surface area contributed by atoms with Crippen molar-refractivity contribution in [3.63, 3.8) is 0 Å². The van der Waals surface area contributed by atoms with E-state index in [1.54, 1.807) is 0 Å². The smallest absolute Gasteiger partial charge is 0.0420 e. The summed E-state index contributed by atoms with van der Waals surface area (Å²) < 4.78 is 0. The number of nitrogens with one attached hydrogen (secondary N) is 2. The minimum absolute atomic E-state index is 0.723. The van der Waals surface area contributed by atoms with E-state index >= 15 is 0 Å². The Labute approximate surface area is 162 Å². The van der Waals surface area contributed by atoms with Crippen molar-refractivity contribution in [2.45, 2.75) is 44.9 Å². The van der Waals surface area contributed by atoms with Gasteiger partial charge in [0, 0.05) is 35.4 Å². The first-order valence-corrected chi connectivity index (χ1v) is 10.5. The van der Waals surface area contributed by atoms with E-state index in [1.807, 2.05) is 6.08 Å². The normalized spacial score (nSPS) is 20.0. The van der Waals surface area contributed by atoms with Gasteiger partial charge in [0.05, 0.1) is 0 Å². The second-order valence-corrected chi connectivity index (χ2v) is 8.17. The van der Waals surface area contributed by atoms with E-state index in [2.05, 4.69) is 52.5 Å². The molecule has 1 atom stereocenters. The van der Waals surface area contributed by atoms with E-state index in [9.17, 15) is 0 Å². The first-order valence-electron chi connectivity index (χ1n) is 10.5. The highest BCUT2D eigenvalue weighted by Gasteiger charge is 2.19. The van der Waals surface area contributed by atoms with Gasteiger partial charge in [0.25, 0.3) is 0 Å². The van der Waals surface area contributed by atoms with Crippen LogP contribution in [0.4, 0.5) is 0 Å². The third-order valence-electron chi connectivity index (χ3n) is 6.02. The summed E-state index contributed by atoms with van der Waals surface area (Å²) >= 11 is 0. The van der Waals surface area contributed by atoms with Gasteiger partial charge < -0.3 is 15.3 Å². The maximum absolute atomic E-state index is 7.89. The highest BCUT2D eigenvalue weighted by Crippen LogP contribution is 2.21. The number of nitrogens with zero attached hydrogens (tertiary/aromatic N) is 1. The summed E-state index contributed by atoms with van der Waals surface area (Å²) in [7, 11) is 0. The lowest BCUT2D eigenvalue weighted by molar-refractivity contribution is 0.171. The molecule has 1 unspecified atom stereocenters.